The number of allylic oxidation sites excluding steroid dienone is 1. The van der Waals surface area contributed by atoms with Gasteiger partial charge in [0.25, 0.3) is 10.1 Å². The number of hydrogen-bond donors (Lipinski definition) is 0. The molecule has 0 bridgehead atoms. The molecule has 0 unspecified atom stereocenters. The van der Waals surface area contributed by atoms with Crippen molar-refractivity contribution in [2.24, 2.45) is 0 Å². The van der Waals surface area contributed by atoms with Crippen LogP contribution in [0.25, 0.3) is 0 Å². The van der Waals surface area contributed by atoms with Crippen molar-refractivity contribution in [1.29, 1.82) is 0 Å². The standard InChI is InChI=1S/C24H29NO3S/c1-20-12-14-23(15-13-20)29(26,27)28-19-6-5-9-22-10-7-17-25(18-16-22)24-11-4-3-8-21(24)2/h3-5,8-15H,6-7,16-19H2,1-2H3. The van der Waals surface area contributed by atoms with Gasteiger partial charge in [0.1, 0.15) is 0 Å². The first-order chi connectivity index (χ1) is 14.0. The highest BCUT2D eigenvalue weighted by atomic mass is 32.2. The van der Waals surface area contributed by atoms with Crippen LogP contribution in [0.5, 0.6) is 0 Å². The van der Waals surface area contributed by atoms with Gasteiger partial charge in [0.15, 0.2) is 0 Å². The maximum absolute atomic E-state index is 12.2. The molecule has 1 aliphatic rings. The Morgan fingerprint density at radius 3 is 2.55 bits per heavy atom. The first-order valence-corrected chi connectivity index (χ1v) is 11.5. The topological polar surface area (TPSA) is 46.6 Å². The Kier molecular flexibility index (Phi) is 7.29. The summed E-state index contributed by atoms with van der Waals surface area (Å²) in [6.07, 6.45) is 8.92. The number of para-hydroxylation sites is 1. The van der Waals surface area contributed by atoms with Gasteiger partial charge >= 0.3 is 0 Å². The molecular weight excluding hydrogens is 382 g/mol. The van der Waals surface area contributed by atoms with Crippen LogP contribution in [0.2, 0.25) is 0 Å². The molecule has 1 aliphatic heterocycles. The van der Waals surface area contributed by atoms with Crippen LogP contribution in [0.15, 0.2) is 77.2 Å². The zero-order chi connectivity index (χ0) is 20.7. The lowest BCUT2D eigenvalue weighted by Gasteiger charge is -2.24. The van der Waals surface area contributed by atoms with E-state index in [0.717, 1.165) is 31.5 Å². The van der Waals surface area contributed by atoms with E-state index >= 15 is 0 Å². The van der Waals surface area contributed by atoms with Crippen molar-refractivity contribution < 1.29 is 12.6 Å². The van der Waals surface area contributed by atoms with E-state index in [2.05, 4.69) is 48.2 Å². The largest absolute Gasteiger partial charge is 0.371 e. The average Bonchev–Trinajstić information content (AvgIpc) is 2.94. The van der Waals surface area contributed by atoms with E-state index in [0.29, 0.717) is 6.42 Å². The van der Waals surface area contributed by atoms with Crippen molar-refractivity contribution in [2.75, 3.05) is 24.6 Å². The molecule has 0 aliphatic carbocycles. The van der Waals surface area contributed by atoms with Crippen LogP contribution in [0.4, 0.5) is 5.69 Å². The average molecular weight is 412 g/mol. The van der Waals surface area contributed by atoms with Crippen LogP contribution in [-0.4, -0.2) is 28.1 Å². The Labute approximate surface area is 174 Å². The molecule has 0 atom stereocenters. The van der Waals surface area contributed by atoms with E-state index in [1.165, 1.54) is 16.8 Å². The molecule has 5 heteroatoms. The summed E-state index contributed by atoms with van der Waals surface area (Å²) >= 11 is 0. The summed E-state index contributed by atoms with van der Waals surface area (Å²) < 4.78 is 29.5. The van der Waals surface area contributed by atoms with Gasteiger partial charge in [0, 0.05) is 18.8 Å². The molecule has 0 saturated heterocycles. The number of benzene rings is 2. The highest BCUT2D eigenvalue weighted by Crippen LogP contribution is 2.23. The molecule has 29 heavy (non-hydrogen) atoms. The third kappa shape index (κ3) is 6.05. The molecule has 1 heterocycles. The smallest absolute Gasteiger partial charge is 0.296 e. The van der Waals surface area contributed by atoms with Crippen molar-refractivity contribution >= 4 is 15.8 Å². The van der Waals surface area contributed by atoms with Crippen molar-refractivity contribution in [3.63, 3.8) is 0 Å². The third-order valence-electron chi connectivity index (χ3n) is 5.10. The zero-order valence-electron chi connectivity index (χ0n) is 17.2. The molecule has 154 valence electrons. The lowest BCUT2D eigenvalue weighted by Crippen LogP contribution is -2.24. The van der Waals surface area contributed by atoms with Crippen molar-refractivity contribution in [2.45, 2.75) is 38.0 Å². The number of nitrogens with zero attached hydrogens (tertiary/aromatic N) is 1. The van der Waals surface area contributed by atoms with Crippen LogP contribution in [0.3, 0.4) is 0 Å². The molecule has 0 fully saturated rings. The number of hydrogen-bond acceptors (Lipinski definition) is 4. The Hall–Kier alpha value is -2.37. The van der Waals surface area contributed by atoms with E-state index in [1.807, 2.05) is 13.0 Å². The van der Waals surface area contributed by atoms with Crippen LogP contribution in [0.1, 0.15) is 30.4 Å². The predicted molar refractivity (Wildman–Crippen MR) is 119 cm³/mol. The van der Waals surface area contributed by atoms with E-state index in [1.54, 1.807) is 24.3 Å². The fourth-order valence-corrected chi connectivity index (χ4v) is 4.35. The summed E-state index contributed by atoms with van der Waals surface area (Å²) in [4.78, 5) is 2.64. The van der Waals surface area contributed by atoms with Crippen molar-refractivity contribution in [1.82, 2.24) is 0 Å². The monoisotopic (exact) mass is 411 g/mol. The lowest BCUT2D eigenvalue weighted by molar-refractivity contribution is 0.324. The van der Waals surface area contributed by atoms with E-state index in [-0.39, 0.29) is 11.5 Å². The fraction of sp³-hybridized carbons (Fsp3) is 0.333. The molecule has 2 aromatic rings. The van der Waals surface area contributed by atoms with E-state index < -0.39 is 10.1 Å². The number of aryl methyl sites for hydroxylation is 2. The lowest BCUT2D eigenvalue weighted by atomic mass is 10.1. The normalized spacial score (nSPS) is 15.4. The highest BCUT2D eigenvalue weighted by molar-refractivity contribution is 7.86. The predicted octanol–water partition coefficient (Wildman–Crippen LogP) is 5.18. The summed E-state index contributed by atoms with van der Waals surface area (Å²) in [5.41, 5.74) is 4.92. The Morgan fingerprint density at radius 2 is 1.79 bits per heavy atom. The van der Waals surface area contributed by atoms with Crippen molar-refractivity contribution in [3.05, 3.63) is 83.5 Å². The molecule has 0 aromatic heterocycles. The van der Waals surface area contributed by atoms with Gasteiger partial charge in [-0.2, -0.15) is 8.42 Å². The molecular formula is C24H29NO3S. The quantitative estimate of drug-likeness (QED) is 0.465. The number of rotatable bonds is 7. The van der Waals surface area contributed by atoms with Crippen molar-refractivity contribution in [3.8, 4) is 0 Å². The second-order valence-corrected chi connectivity index (χ2v) is 8.99. The molecule has 3 rings (SSSR count). The summed E-state index contributed by atoms with van der Waals surface area (Å²) in [5.74, 6) is 0. The first-order valence-electron chi connectivity index (χ1n) is 10.1. The summed E-state index contributed by atoms with van der Waals surface area (Å²) in [5, 5.41) is 0. The summed E-state index contributed by atoms with van der Waals surface area (Å²) in [6, 6.07) is 15.2. The highest BCUT2D eigenvalue weighted by Gasteiger charge is 2.14. The summed E-state index contributed by atoms with van der Waals surface area (Å²) in [6.45, 7) is 6.22. The second kappa shape index (κ2) is 9.90. The van der Waals surface area contributed by atoms with Gasteiger partial charge in [-0.3, -0.25) is 4.18 Å². The third-order valence-corrected chi connectivity index (χ3v) is 6.42. The minimum Gasteiger partial charge on any atom is -0.371 e. The minimum atomic E-state index is -3.69. The van der Waals surface area contributed by atoms with E-state index in [4.69, 9.17) is 4.18 Å². The van der Waals surface area contributed by atoms with Crippen LogP contribution in [0, 0.1) is 13.8 Å². The van der Waals surface area contributed by atoms with E-state index in [9.17, 15) is 8.42 Å². The Bertz CT molecular complexity index is 975. The minimum absolute atomic E-state index is 0.148. The van der Waals surface area contributed by atoms with Gasteiger partial charge in [0.05, 0.1) is 11.5 Å². The zero-order valence-corrected chi connectivity index (χ0v) is 18.0. The van der Waals surface area contributed by atoms with Crippen LogP contribution < -0.4 is 4.90 Å². The first kappa shape index (κ1) is 21.3. The molecule has 0 radical (unpaired) electrons. The SMILES string of the molecule is Cc1ccc(S(=O)(=O)OCCC=CC2=CCCN(c3ccccc3C)CC2)cc1. The van der Waals surface area contributed by atoms with Gasteiger partial charge in [-0.15, -0.1) is 0 Å². The van der Waals surface area contributed by atoms with Crippen LogP contribution in [-0.2, 0) is 14.3 Å². The van der Waals surface area contributed by atoms with Gasteiger partial charge in [-0.05, 0) is 56.9 Å². The molecule has 0 amide bonds. The molecule has 4 nitrogen and oxygen atoms in total. The van der Waals surface area contributed by atoms with Gasteiger partial charge in [-0.1, -0.05) is 59.7 Å². The van der Waals surface area contributed by atoms with Gasteiger partial charge in [0.2, 0.25) is 0 Å². The maximum atomic E-state index is 12.2. The molecule has 0 spiro atoms. The fourth-order valence-electron chi connectivity index (χ4n) is 3.43. The molecule has 0 saturated carbocycles. The summed E-state index contributed by atoms with van der Waals surface area (Å²) in [7, 11) is -3.69. The van der Waals surface area contributed by atoms with Gasteiger partial charge < -0.3 is 4.90 Å². The molecule has 0 N–H and O–H groups in total. The van der Waals surface area contributed by atoms with Crippen LogP contribution >= 0.6 is 0 Å². The second-order valence-electron chi connectivity index (χ2n) is 7.37. The van der Waals surface area contributed by atoms with Gasteiger partial charge in [-0.25, -0.2) is 0 Å². The molecule has 2 aromatic carbocycles. The maximum Gasteiger partial charge on any atom is 0.296 e. The Balaban J connectivity index is 1.47. The number of anilines is 1. The Morgan fingerprint density at radius 1 is 1.03 bits per heavy atom.